The fourth-order valence-corrected chi connectivity index (χ4v) is 5.82. The number of benzene rings is 2. The van der Waals surface area contributed by atoms with E-state index in [9.17, 15) is 18.0 Å². The van der Waals surface area contributed by atoms with E-state index in [1.165, 1.54) is 18.3 Å². The lowest BCUT2D eigenvalue weighted by molar-refractivity contribution is -0.138. The zero-order valence-electron chi connectivity index (χ0n) is 23.6. The summed E-state index contributed by atoms with van der Waals surface area (Å²) in [4.78, 5) is 27.4. The van der Waals surface area contributed by atoms with E-state index in [1.54, 1.807) is 29.3 Å². The van der Waals surface area contributed by atoms with Crippen molar-refractivity contribution in [3.63, 3.8) is 0 Å². The van der Waals surface area contributed by atoms with Crippen LogP contribution >= 0.6 is 11.3 Å². The number of pyridine rings is 2. The van der Waals surface area contributed by atoms with Crippen LogP contribution in [0.15, 0.2) is 91.5 Å². The van der Waals surface area contributed by atoms with Crippen LogP contribution in [0.3, 0.4) is 0 Å². The predicted octanol–water partition coefficient (Wildman–Crippen LogP) is 6.04. The molecule has 2 aromatic carbocycles. The van der Waals surface area contributed by atoms with Gasteiger partial charge in [0, 0.05) is 41.0 Å². The number of aromatic nitrogens is 9. The highest BCUT2D eigenvalue weighted by Crippen LogP contribution is 2.36. The van der Waals surface area contributed by atoms with Gasteiger partial charge in [0.15, 0.2) is 10.8 Å². The van der Waals surface area contributed by atoms with Crippen molar-refractivity contribution in [3.8, 4) is 22.6 Å². The second-order valence-corrected chi connectivity index (χ2v) is 11.3. The molecular formula is C31H21F3N10OS. The summed E-state index contributed by atoms with van der Waals surface area (Å²) in [5, 5.41) is 21.3. The van der Waals surface area contributed by atoms with Crippen molar-refractivity contribution in [2.45, 2.75) is 19.1 Å². The molecule has 7 rings (SSSR count). The van der Waals surface area contributed by atoms with Crippen LogP contribution in [0.4, 0.5) is 18.3 Å². The van der Waals surface area contributed by atoms with Crippen molar-refractivity contribution in [2.24, 2.45) is 0 Å². The molecule has 0 spiro atoms. The summed E-state index contributed by atoms with van der Waals surface area (Å²) in [6, 6.07) is 18.8. The van der Waals surface area contributed by atoms with Gasteiger partial charge in [-0.3, -0.25) is 15.1 Å². The summed E-state index contributed by atoms with van der Waals surface area (Å²) in [5.74, 6) is -0.391. The summed E-state index contributed by atoms with van der Waals surface area (Å²) >= 11 is 1.09. The van der Waals surface area contributed by atoms with E-state index in [-0.39, 0.29) is 28.5 Å². The van der Waals surface area contributed by atoms with Gasteiger partial charge in [-0.05, 0) is 40.6 Å². The lowest BCUT2D eigenvalue weighted by Gasteiger charge is -2.13. The second-order valence-electron chi connectivity index (χ2n) is 10.2. The molecule has 0 aliphatic rings. The van der Waals surface area contributed by atoms with Crippen molar-refractivity contribution < 1.29 is 18.0 Å². The lowest BCUT2D eigenvalue weighted by Crippen LogP contribution is -2.13. The number of thiazole rings is 1. The molecule has 1 amide bonds. The van der Waals surface area contributed by atoms with E-state index in [0.717, 1.165) is 28.5 Å². The molecule has 0 saturated carbocycles. The Morgan fingerprint density at radius 1 is 0.978 bits per heavy atom. The van der Waals surface area contributed by atoms with E-state index in [1.807, 2.05) is 42.5 Å². The number of nitrogens with one attached hydrogen (secondary N) is 2. The SMILES string of the molecule is O=C(Nc1ncc(Cc2ccc(-c3nn[nH]n3)cc2C(F)(F)F)s1)c1cc(-c2ccccc2)nc2c1cnn2Cc1ccncc1. The second kappa shape index (κ2) is 11.9. The maximum absolute atomic E-state index is 14.0. The van der Waals surface area contributed by atoms with E-state index < -0.39 is 17.6 Å². The number of hydrogen-bond acceptors (Lipinski definition) is 9. The third kappa shape index (κ3) is 5.95. The Morgan fingerprint density at radius 3 is 2.57 bits per heavy atom. The van der Waals surface area contributed by atoms with Gasteiger partial charge in [-0.15, -0.1) is 21.5 Å². The number of anilines is 1. The van der Waals surface area contributed by atoms with Crippen LogP contribution in [0.1, 0.15) is 31.9 Å². The minimum Gasteiger partial charge on any atom is -0.298 e. The van der Waals surface area contributed by atoms with Gasteiger partial charge in [-0.1, -0.05) is 42.5 Å². The Hall–Kier alpha value is -5.83. The summed E-state index contributed by atoms with van der Waals surface area (Å²) in [6.45, 7) is 0.421. The molecular weight excluding hydrogens is 617 g/mol. The highest BCUT2D eigenvalue weighted by molar-refractivity contribution is 7.15. The fourth-order valence-electron chi connectivity index (χ4n) is 4.99. The molecule has 0 bridgehead atoms. The molecule has 7 aromatic rings. The maximum atomic E-state index is 14.0. The Kier molecular flexibility index (Phi) is 7.50. The van der Waals surface area contributed by atoms with Gasteiger partial charge in [0.2, 0.25) is 5.82 Å². The van der Waals surface area contributed by atoms with Crippen molar-refractivity contribution in [1.29, 1.82) is 0 Å². The van der Waals surface area contributed by atoms with Crippen LogP contribution < -0.4 is 5.32 Å². The number of hydrogen-bond donors (Lipinski definition) is 2. The first-order valence-corrected chi connectivity index (χ1v) is 14.6. The zero-order chi connectivity index (χ0) is 31.7. The van der Waals surface area contributed by atoms with Crippen molar-refractivity contribution in [1.82, 2.24) is 45.4 Å². The molecule has 15 heteroatoms. The highest BCUT2D eigenvalue weighted by atomic mass is 32.1. The summed E-state index contributed by atoms with van der Waals surface area (Å²) in [6.07, 6.45) is 1.78. The van der Waals surface area contributed by atoms with Crippen LogP contribution in [-0.2, 0) is 19.1 Å². The smallest absolute Gasteiger partial charge is 0.298 e. The number of rotatable bonds is 8. The molecule has 0 unspecified atom stereocenters. The number of fused-ring (bicyclic) bond motifs is 1. The van der Waals surface area contributed by atoms with Crippen molar-refractivity contribution in [2.75, 3.05) is 5.32 Å². The molecule has 46 heavy (non-hydrogen) atoms. The number of nitrogens with zero attached hydrogens (tertiary/aromatic N) is 8. The summed E-state index contributed by atoms with van der Waals surface area (Å²) in [7, 11) is 0. The molecule has 0 aliphatic carbocycles. The van der Waals surface area contributed by atoms with Gasteiger partial charge in [0.05, 0.1) is 34.9 Å². The molecule has 0 aliphatic heterocycles. The normalized spacial score (nSPS) is 11.6. The zero-order valence-corrected chi connectivity index (χ0v) is 24.4. The van der Waals surface area contributed by atoms with E-state index in [2.05, 4.69) is 41.0 Å². The van der Waals surface area contributed by atoms with Crippen LogP contribution in [0.2, 0.25) is 0 Å². The molecule has 0 radical (unpaired) electrons. The Labute approximate surface area is 262 Å². The summed E-state index contributed by atoms with van der Waals surface area (Å²) < 4.78 is 43.7. The number of amides is 1. The standard InChI is InChI=1S/C31H21F3N10OS/c32-31(33,34)25-13-21(27-40-42-43-41-27)7-6-20(25)12-22-15-36-30(46-22)39-29(45)23-14-26(19-4-2-1-3-5-19)38-28-24(23)16-37-44(28)17-18-8-10-35-11-9-18/h1-11,13-16H,12,17H2,(H,36,39,45)(H,40,41,42,43). The van der Waals surface area contributed by atoms with E-state index in [0.29, 0.717) is 33.7 Å². The first kappa shape index (κ1) is 28.9. The molecule has 2 N–H and O–H groups in total. The number of aromatic amines is 1. The Morgan fingerprint density at radius 2 is 1.80 bits per heavy atom. The van der Waals surface area contributed by atoms with Gasteiger partial charge >= 0.3 is 6.18 Å². The van der Waals surface area contributed by atoms with Gasteiger partial charge in [0.25, 0.3) is 5.91 Å². The van der Waals surface area contributed by atoms with Crippen LogP contribution in [0.25, 0.3) is 33.7 Å². The van der Waals surface area contributed by atoms with Crippen LogP contribution in [0, 0.1) is 0 Å². The third-order valence-electron chi connectivity index (χ3n) is 7.16. The predicted molar refractivity (Wildman–Crippen MR) is 164 cm³/mol. The number of alkyl halides is 3. The molecule has 0 atom stereocenters. The van der Waals surface area contributed by atoms with E-state index in [4.69, 9.17) is 4.98 Å². The number of tetrazole rings is 1. The molecule has 0 fully saturated rings. The molecule has 228 valence electrons. The lowest BCUT2D eigenvalue weighted by atomic mass is 10.00. The fraction of sp³-hybridized carbons (Fsp3) is 0.0968. The number of carbonyl (C=O) groups is 1. The molecule has 5 aromatic heterocycles. The number of halogens is 3. The topological polar surface area (TPSA) is 140 Å². The van der Waals surface area contributed by atoms with Crippen LogP contribution in [-0.4, -0.2) is 51.3 Å². The van der Waals surface area contributed by atoms with Crippen molar-refractivity contribution >= 4 is 33.4 Å². The quantitative estimate of drug-likeness (QED) is 0.205. The minimum atomic E-state index is -4.61. The van der Waals surface area contributed by atoms with Gasteiger partial charge in [0.1, 0.15) is 0 Å². The minimum absolute atomic E-state index is 0.0473. The monoisotopic (exact) mass is 638 g/mol. The summed E-state index contributed by atoms with van der Waals surface area (Å²) in [5.41, 5.74) is 2.63. The van der Waals surface area contributed by atoms with Gasteiger partial charge in [-0.25, -0.2) is 14.6 Å². The van der Waals surface area contributed by atoms with Crippen LogP contribution in [0.5, 0.6) is 0 Å². The first-order chi connectivity index (χ1) is 22.3. The molecule has 0 saturated heterocycles. The average molecular weight is 639 g/mol. The Bertz CT molecular complexity index is 2150. The number of H-pyrrole nitrogens is 1. The molecule has 11 nitrogen and oxygen atoms in total. The number of carbonyl (C=O) groups excluding carboxylic acids is 1. The molecule has 5 heterocycles. The largest absolute Gasteiger partial charge is 0.416 e. The highest BCUT2D eigenvalue weighted by Gasteiger charge is 2.34. The first-order valence-electron chi connectivity index (χ1n) is 13.8. The maximum Gasteiger partial charge on any atom is 0.416 e. The van der Waals surface area contributed by atoms with Gasteiger partial charge < -0.3 is 0 Å². The van der Waals surface area contributed by atoms with Gasteiger partial charge in [-0.2, -0.15) is 23.5 Å². The van der Waals surface area contributed by atoms with E-state index >= 15 is 0 Å². The van der Waals surface area contributed by atoms with Crippen molar-refractivity contribution in [3.05, 3.63) is 119 Å². The average Bonchev–Trinajstić information content (AvgIpc) is 3.84. The Balaban J connectivity index is 1.18. The third-order valence-corrected chi connectivity index (χ3v) is 8.08.